The number of hydrogen-bond donors (Lipinski definition) is 1. The van der Waals surface area contributed by atoms with Gasteiger partial charge in [-0.05, 0) is 18.1 Å². The van der Waals surface area contributed by atoms with E-state index in [0.717, 1.165) is 11.3 Å². The highest BCUT2D eigenvalue weighted by Gasteiger charge is 2.18. The van der Waals surface area contributed by atoms with Crippen molar-refractivity contribution in [2.75, 3.05) is 21.3 Å². The summed E-state index contributed by atoms with van der Waals surface area (Å²) in [6.45, 7) is 0. The van der Waals surface area contributed by atoms with Crippen molar-refractivity contribution in [3.63, 3.8) is 0 Å². The van der Waals surface area contributed by atoms with Gasteiger partial charge in [-0.15, -0.1) is 0 Å². The Balaban J connectivity index is 2.25. The van der Waals surface area contributed by atoms with Crippen molar-refractivity contribution in [3.05, 3.63) is 41.7 Å². The third kappa shape index (κ3) is 3.41. The molecule has 112 valence electrons. The van der Waals surface area contributed by atoms with Crippen molar-refractivity contribution < 1.29 is 14.2 Å². The second-order valence-corrected chi connectivity index (χ2v) is 4.43. The molecule has 21 heavy (non-hydrogen) atoms. The summed E-state index contributed by atoms with van der Waals surface area (Å²) in [7, 11) is 4.69. The predicted molar refractivity (Wildman–Crippen MR) is 78.8 cm³/mol. The summed E-state index contributed by atoms with van der Waals surface area (Å²) in [5.41, 5.74) is 7.83. The number of nitrogens with zero attached hydrogens (tertiary/aromatic N) is 2. The van der Waals surface area contributed by atoms with Crippen LogP contribution in [0.1, 0.15) is 17.3 Å². The lowest BCUT2D eigenvalue weighted by molar-refractivity contribution is 0.353. The molecule has 0 aliphatic rings. The normalized spacial score (nSPS) is 11.8. The molecule has 2 aromatic rings. The average molecular weight is 289 g/mol. The minimum absolute atomic E-state index is 0.352. The fourth-order valence-corrected chi connectivity index (χ4v) is 2.07. The van der Waals surface area contributed by atoms with Crippen LogP contribution in [-0.2, 0) is 6.42 Å². The third-order valence-corrected chi connectivity index (χ3v) is 3.13. The SMILES string of the molecule is COc1cnc(C(N)Cc2ccccc2OC)c(OC)n1. The summed E-state index contributed by atoms with van der Waals surface area (Å²) in [5, 5.41) is 0. The minimum atomic E-state index is -0.352. The van der Waals surface area contributed by atoms with Crippen LogP contribution in [-0.4, -0.2) is 31.3 Å². The fourth-order valence-electron chi connectivity index (χ4n) is 2.07. The van der Waals surface area contributed by atoms with Gasteiger partial charge in [-0.2, -0.15) is 4.98 Å². The van der Waals surface area contributed by atoms with Crippen LogP contribution in [0.3, 0.4) is 0 Å². The van der Waals surface area contributed by atoms with E-state index in [1.54, 1.807) is 7.11 Å². The zero-order valence-corrected chi connectivity index (χ0v) is 12.4. The van der Waals surface area contributed by atoms with Gasteiger partial charge in [0.25, 0.3) is 0 Å². The molecule has 1 heterocycles. The van der Waals surface area contributed by atoms with E-state index in [0.29, 0.717) is 23.9 Å². The molecule has 2 rings (SSSR count). The topological polar surface area (TPSA) is 79.5 Å². The Morgan fingerprint density at radius 3 is 2.52 bits per heavy atom. The molecule has 1 unspecified atom stereocenters. The van der Waals surface area contributed by atoms with Crippen LogP contribution in [0.15, 0.2) is 30.5 Å². The van der Waals surface area contributed by atoms with Crippen LogP contribution in [0.25, 0.3) is 0 Å². The first-order chi connectivity index (χ1) is 10.2. The summed E-state index contributed by atoms with van der Waals surface area (Å²) in [5.74, 6) is 1.56. The van der Waals surface area contributed by atoms with Crippen LogP contribution in [0.4, 0.5) is 0 Å². The number of ether oxygens (including phenoxy) is 3. The first-order valence-electron chi connectivity index (χ1n) is 6.52. The number of nitrogens with two attached hydrogens (primary N) is 1. The van der Waals surface area contributed by atoms with Crippen LogP contribution < -0.4 is 19.9 Å². The van der Waals surface area contributed by atoms with E-state index in [1.165, 1.54) is 20.4 Å². The van der Waals surface area contributed by atoms with Crippen molar-refractivity contribution >= 4 is 0 Å². The van der Waals surface area contributed by atoms with Crippen molar-refractivity contribution in [2.45, 2.75) is 12.5 Å². The Morgan fingerprint density at radius 1 is 1.10 bits per heavy atom. The monoisotopic (exact) mass is 289 g/mol. The van der Waals surface area contributed by atoms with Gasteiger partial charge in [-0.1, -0.05) is 18.2 Å². The van der Waals surface area contributed by atoms with Crippen LogP contribution in [0, 0.1) is 0 Å². The highest BCUT2D eigenvalue weighted by molar-refractivity contribution is 5.35. The third-order valence-electron chi connectivity index (χ3n) is 3.13. The number of para-hydroxylation sites is 1. The van der Waals surface area contributed by atoms with E-state index in [-0.39, 0.29) is 6.04 Å². The van der Waals surface area contributed by atoms with Gasteiger partial charge in [0.05, 0.1) is 33.6 Å². The maximum absolute atomic E-state index is 6.24. The highest BCUT2D eigenvalue weighted by Crippen LogP contribution is 2.27. The molecule has 1 aromatic carbocycles. The van der Waals surface area contributed by atoms with Gasteiger partial charge in [0.1, 0.15) is 11.4 Å². The number of methoxy groups -OCH3 is 3. The molecule has 0 spiro atoms. The van der Waals surface area contributed by atoms with Crippen LogP contribution in [0.2, 0.25) is 0 Å². The number of hydrogen-bond acceptors (Lipinski definition) is 6. The van der Waals surface area contributed by atoms with Crippen LogP contribution >= 0.6 is 0 Å². The molecule has 0 saturated carbocycles. The quantitative estimate of drug-likeness (QED) is 0.872. The second kappa shape index (κ2) is 6.90. The Kier molecular flexibility index (Phi) is 4.94. The Hall–Kier alpha value is -2.34. The predicted octanol–water partition coefficient (Wildman–Crippen LogP) is 1.74. The Morgan fingerprint density at radius 2 is 1.86 bits per heavy atom. The zero-order valence-electron chi connectivity index (χ0n) is 12.4. The molecular formula is C15H19N3O3. The summed E-state index contributed by atoms with van der Waals surface area (Å²) in [6.07, 6.45) is 2.10. The molecule has 6 nitrogen and oxygen atoms in total. The van der Waals surface area contributed by atoms with E-state index in [4.69, 9.17) is 19.9 Å². The van der Waals surface area contributed by atoms with Crippen molar-refractivity contribution in [1.82, 2.24) is 9.97 Å². The summed E-state index contributed by atoms with van der Waals surface area (Å²) in [6, 6.07) is 7.39. The molecular weight excluding hydrogens is 270 g/mol. The largest absolute Gasteiger partial charge is 0.496 e. The maximum Gasteiger partial charge on any atom is 0.240 e. The molecule has 0 aliphatic carbocycles. The molecule has 1 atom stereocenters. The molecule has 2 N–H and O–H groups in total. The van der Waals surface area contributed by atoms with E-state index in [2.05, 4.69) is 9.97 Å². The average Bonchev–Trinajstić information content (AvgIpc) is 2.54. The van der Waals surface area contributed by atoms with Gasteiger partial charge in [-0.3, -0.25) is 0 Å². The van der Waals surface area contributed by atoms with Gasteiger partial charge in [0.15, 0.2) is 0 Å². The lowest BCUT2D eigenvalue weighted by atomic mass is 10.0. The lowest BCUT2D eigenvalue weighted by Crippen LogP contribution is -2.17. The van der Waals surface area contributed by atoms with Gasteiger partial charge in [0.2, 0.25) is 11.8 Å². The van der Waals surface area contributed by atoms with Crippen molar-refractivity contribution in [2.24, 2.45) is 5.73 Å². The first kappa shape index (κ1) is 15.1. The molecule has 0 radical (unpaired) electrons. The second-order valence-electron chi connectivity index (χ2n) is 4.43. The Bertz CT molecular complexity index is 604. The molecule has 0 amide bonds. The molecule has 6 heteroatoms. The first-order valence-corrected chi connectivity index (χ1v) is 6.52. The summed E-state index contributed by atoms with van der Waals surface area (Å²) >= 11 is 0. The van der Waals surface area contributed by atoms with Crippen molar-refractivity contribution in [3.8, 4) is 17.5 Å². The fraction of sp³-hybridized carbons (Fsp3) is 0.333. The molecule has 1 aromatic heterocycles. The van der Waals surface area contributed by atoms with E-state index < -0.39 is 0 Å². The zero-order chi connectivity index (χ0) is 15.2. The number of rotatable bonds is 6. The lowest BCUT2D eigenvalue weighted by Gasteiger charge is -2.16. The van der Waals surface area contributed by atoms with Gasteiger partial charge in [-0.25, -0.2) is 4.98 Å². The summed E-state index contributed by atoms with van der Waals surface area (Å²) < 4.78 is 15.6. The van der Waals surface area contributed by atoms with Gasteiger partial charge < -0.3 is 19.9 Å². The van der Waals surface area contributed by atoms with E-state index in [9.17, 15) is 0 Å². The van der Waals surface area contributed by atoms with E-state index >= 15 is 0 Å². The molecule has 0 saturated heterocycles. The standard InChI is InChI=1S/C15H19N3O3/c1-19-12-7-5-4-6-10(12)8-11(16)14-15(21-3)18-13(20-2)9-17-14/h4-7,9,11H,8,16H2,1-3H3. The smallest absolute Gasteiger partial charge is 0.240 e. The van der Waals surface area contributed by atoms with Gasteiger partial charge in [0, 0.05) is 0 Å². The van der Waals surface area contributed by atoms with Gasteiger partial charge >= 0.3 is 0 Å². The maximum atomic E-state index is 6.24. The van der Waals surface area contributed by atoms with E-state index in [1.807, 2.05) is 24.3 Å². The molecule has 0 bridgehead atoms. The van der Waals surface area contributed by atoms with Crippen LogP contribution in [0.5, 0.6) is 17.5 Å². The number of aromatic nitrogens is 2. The highest BCUT2D eigenvalue weighted by atomic mass is 16.5. The van der Waals surface area contributed by atoms with Crippen molar-refractivity contribution in [1.29, 1.82) is 0 Å². The summed E-state index contributed by atoms with van der Waals surface area (Å²) in [4.78, 5) is 8.49. The Labute approximate surface area is 123 Å². The molecule has 0 fully saturated rings. The number of benzene rings is 1. The minimum Gasteiger partial charge on any atom is -0.496 e. The molecule has 0 aliphatic heterocycles.